The van der Waals surface area contributed by atoms with E-state index in [2.05, 4.69) is 25.4 Å². The number of aryl methyl sites for hydroxylation is 2. The summed E-state index contributed by atoms with van der Waals surface area (Å²) in [7, 11) is 0. The van der Waals surface area contributed by atoms with Crippen LogP contribution in [0.4, 0.5) is 5.95 Å². The first-order chi connectivity index (χ1) is 12.2. The van der Waals surface area contributed by atoms with Gasteiger partial charge in [0.2, 0.25) is 5.95 Å². The van der Waals surface area contributed by atoms with Gasteiger partial charge in [-0.15, -0.1) is 0 Å². The summed E-state index contributed by atoms with van der Waals surface area (Å²) in [6, 6.07) is 0. The lowest BCUT2D eigenvalue weighted by molar-refractivity contribution is 0.392. The van der Waals surface area contributed by atoms with Gasteiger partial charge in [-0.1, -0.05) is 5.16 Å². The van der Waals surface area contributed by atoms with Crippen LogP contribution in [-0.4, -0.2) is 31.6 Å². The van der Waals surface area contributed by atoms with Gasteiger partial charge in [0.05, 0.1) is 23.3 Å². The van der Waals surface area contributed by atoms with E-state index in [0.717, 1.165) is 46.9 Å². The number of hydrogen-bond donors (Lipinski definition) is 1. The zero-order valence-corrected chi connectivity index (χ0v) is 14.4. The molecule has 7 heteroatoms. The molecule has 3 heterocycles. The molecule has 128 valence electrons. The Bertz CT molecular complexity index is 853. The van der Waals surface area contributed by atoms with Gasteiger partial charge in [0, 0.05) is 42.2 Å². The summed E-state index contributed by atoms with van der Waals surface area (Å²) in [6.07, 6.45) is 10.1. The highest BCUT2D eigenvalue weighted by Crippen LogP contribution is 2.43. The highest BCUT2D eigenvalue weighted by molar-refractivity contribution is 5.62. The maximum absolute atomic E-state index is 5.20. The monoisotopic (exact) mass is 336 g/mol. The summed E-state index contributed by atoms with van der Waals surface area (Å²) in [4.78, 5) is 17.7. The van der Waals surface area contributed by atoms with Crippen molar-refractivity contribution < 1.29 is 4.52 Å². The molecule has 0 saturated heterocycles. The van der Waals surface area contributed by atoms with Crippen LogP contribution in [0.25, 0.3) is 11.3 Å². The van der Waals surface area contributed by atoms with Gasteiger partial charge in [-0.3, -0.25) is 9.97 Å². The van der Waals surface area contributed by atoms with Crippen LogP contribution in [0.1, 0.15) is 41.5 Å². The average molecular weight is 336 g/mol. The normalized spacial score (nSPS) is 13.8. The highest BCUT2D eigenvalue weighted by atomic mass is 16.5. The van der Waals surface area contributed by atoms with Crippen molar-refractivity contribution in [3.8, 4) is 11.3 Å². The van der Waals surface area contributed by atoms with Crippen molar-refractivity contribution in [2.45, 2.75) is 39.0 Å². The molecule has 0 aliphatic heterocycles. The van der Waals surface area contributed by atoms with Gasteiger partial charge in [0.1, 0.15) is 5.76 Å². The summed E-state index contributed by atoms with van der Waals surface area (Å²) in [5.41, 5.74) is 4.96. The van der Waals surface area contributed by atoms with Crippen molar-refractivity contribution in [2.75, 3.05) is 11.9 Å². The SMILES string of the molecule is Cc1noc(C)c1CCNc1ncc(-c2cnccn2)c(C2CC2)n1. The van der Waals surface area contributed by atoms with Gasteiger partial charge < -0.3 is 9.84 Å². The van der Waals surface area contributed by atoms with E-state index in [9.17, 15) is 0 Å². The van der Waals surface area contributed by atoms with Crippen molar-refractivity contribution >= 4 is 5.95 Å². The number of rotatable bonds is 6. The average Bonchev–Trinajstić information content (AvgIpc) is 3.44. The van der Waals surface area contributed by atoms with Gasteiger partial charge in [0.25, 0.3) is 0 Å². The predicted octanol–water partition coefficient (Wildman–Crippen LogP) is 3.07. The summed E-state index contributed by atoms with van der Waals surface area (Å²) in [6.45, 7) is 4.63. The van der Waals surface area contributed by atoms with Crippen LogP contribution in [0.5, 0.6) is 0 Å². The third kappa shape index (κ3) is 3.35. The molecule has 0 spiro atoms. The fourth-order valence-corrected chi connectivity index (χ4v) is 2.94. The topological polar surface area (TPSA) is 89.6 Å². The Balaban J connectivity index is 1.50. The van der Waals surface area contributed by atoms with Gasteiger partial charge in [-0.25, -0.2) is 9.97 Å². The molecule has 3 aromatic heterocycles. The van der Waals surface area contributed by atoms with Crippen molar-refractivity contribution in [1.82, 2.24) is 25.1 Å². The number of hydrogen-bond acceptors (Lipinski definition) is 7. The lowest BCUT2D eigenvalue weighted by atomic mass is 10.1. The minimum absolute atomic E-state index is 0.503. The fourth-order valence-electron chi connectivity index (χ4n) is 2.94. The van der Waals surface area contributed by atoms with Crippen molar-refractivity contribution in [3.05, 3.63) is 47.5 Å². The molecule has 0 radical (unpaired) electrons. The van der Waals surface area contributed by atoms with E-state index in [4.69, 9.17) is 9.51 Å². The molecule has 0 bridgehead atoms. The Labute approximate surface area is 145 Å². The molecule has 3 aromatic rings. The zero-order chi connectivity index (χ0) is 17.2. The minimum Gasteiger partial charge on any atom is -0.361 e. The number of anilines is 1. The van der Waals surface area contributed by atoms with Crippen molar-refractivity contribution in [2.24, 2.45) is 0 Å². The Morgan fingerprint density at radius 3 is 2.72 bits per heavy atom. The first-order valence-corrected chi connectivity index (χ1v) is 8.51. The molecule has 1 N–H and O–H groups in total. The third-order valence-electron chi connectivity index (χ3n) is 4.46. The first kappa shape index (κ1) is 15.7. The maximum atomic E-state index is 5.20. The van der Waals surface area contributed by atoms with Gasteiger partial charge in [0.15, 0.2) is 0 Å². The Kier molecular flexibility index (Phi) is 4.13. The van der Waals surface area contributed by atoms with Crippen LogP contribution in [0, 0.1) is 13.8 Å². The van der Waals surface area contributed by atoms with Crippen LogP contribution in [-0.2, 0) is 6.42 Å². The van der Waals surface area contributed by atoms with E-state index in [0.29, 0.717) is 11.9 Å². The summed E-state index contributed by atoms with van der Waals surface area (Å²) in [5, 5.41) is 7.30. The number of aromatic nitrogens is 5. The zero-order valence-electron chi connectivity index (χ0n) is 14.4. The molecule has 0 aromatic carbocycles. The van der Waals surface area contributed by atoms with Gasteiger partial charge >= 0.3 is 0 Å². The molecule has 1 saturated carbocycles. The molecule has 0 unspecified atom stereocenters. The minimum atomic E-state index is 0.503. The standard InChI is InChI=1S/C18H20N6O/c1-11-14(12(2)25-24-11)5-6-21-18-22-9-15(16-10-19-7-8-20-16)17(23-18)13-3-4-13/h7-10,13H,3-6H2,1-2H3,(H,21,22,23). The number of nitrogens with one attached hydrogen (secondary N) is 1. The summed E-state index contributed by atoms with van der Waals surface area (Å²) >= 11 is 0. The molecule has 1 fully saturated rings. The van der Waals surface area contributed by atoms with Crippen LogP contribution in [0.3, 0.4) is 0 Å². The molecule has 0 amide bonds. The molecule has 4 rings (SSSR count). The van der Waals surface area contributed by atoms with Crippen LogP contribution in [0.15, 0.2) is 29.3 Å². The molecular formula is C18H20N6O. The van der Waals surface area contributed by atoms with Gasteiger partial charge in [-0.05, 0) is 33.1 Å². The van der Waals surface area contributed by atoms with Crippen LogP contribution >= 0.6 is 0 Å². The predicted molar refractivity (Wildman–Crippen MR) is 93.2 cm³/mol. The van der Waals surface area contributed by atoms with E-state index in [1.807, 2.05) is 20.0 Å². The quantitative estimate of drug-likeness (QED) is 0.740. The van der Waals surface area contributed by atoms with Gasteiger partial charge in [-0.2, -0.15) is 0 Å². The molecule has 0 atom stereocenters. The lowest BCUT2D eigenvalue weighted by Crippen LogP contribution is -2.10. The van der Waals surface area contributed by atoms with E-state index in [1.165, 1.54) is 12.8 Å². The first-order valence-electron chi connectivity index (χ1n) is 8.51. The fraction of sp³-hybridized carbons (Fsp3) is 0.389. The van der Waals surface area contributed by atoms with Crippen molar-refractivity contribution in [3.63, 3.8) is 0 Å². The lowest BCUT2D eigenvalue weighted by Gasteiger charge is -2.10. The summed E-state index contributed by atoms with van der Waals surface area (Å²) in [5.74, 6) is 2.03. The third-order valence-corrected chi connectivity index (χ3v) is 4.46. The Morgan fingerprint density at radius 1 is 1.16 bits per heavy atom. The van der Waals surface area contributed by atoms with E-state index in [-0.39, 0.29) is 0 Å². The highest BCUT2D eigenvalue weighted by Gasteiger charge is 2.29. The van der Waals surface area contributed by atoms with Crippen LogP contribution in [0.2, 0.25) is 0 Å². The molecule has 1 aliphatic carbocycles. The Morgan fingerprint density at radius 2 is 2.04 bits per heavy atom. The Hall–Kier alpha value is -2.83. The second-order valence-corrected chi connectivity index (χ2v) is 6.34. The van der Waals surface area contributed by atoms with E-state index < -0.39 is 0 Å². The van der Waals surface area contributed by atoms with E-state index in [1.54, 1.807) is 18.6 Å². The van der Waals surface area contributed by atoms with E-state index >= 15 is 0 Å². The molecule has 1 aliphatic rings. The van der Waals surface area contributed by atoms with Crippen molar-refractivity contribution in [1.29, 1.82) is 0 Å². The van der Waals surface area contributed by atoms with Crippen LogP contribution < -0.4 is 5.32 Å². The maximum Gasteiger partial charge on any atom is 0.222 e. The smallest absolute Gasteiger partial charge is 0.222 e. The largest absolute Gasteiger partial charge is 0.361 e. The second-order valence-electron chi connectivity index (χ2n) is 6.34. The molecular weight excluding hydrogens is 316 g/mol. The number of nitrogens with zero attached hydrogens (tertiary/aromatic N) is 5. The summed E-state index contributed by atoms with van der Waals surface area (Å²) < 4.78 is 5.20. The molecule has 7 nitrogen and oxygen atoms in total. The second kappa shape index (κ2) is 6.58. The molecule has 25 heavy (non-hydrogen) atoms.